The number of carbonyl (C=O) groups excluding carboxylic acids is 1. The molecule has 0 N–H and O–H groups in total. The van der Waals surface area contributed by atoms with E-state index in [1.807, 2.05) is 18.2 Å². The second-order valence-corrected chi connectivity index (χ2v) is 10.2. The minimum Gasteiger partial charge on any atom is -0.305 e. The van der Waals surface area contributed by atoms with Crippen LogP contribution < -0.4 is 4.80 Å². The van der Waals surface area contributed by atoms with E-state index in [0.29, 0.717) is 10.4 Å². The van der Waals surface area contributed by atoms with E-state index >= 15 is 0 Å². The summed E-state index contributed by atoms with van der Waals surface area (Å²) >= 11 is 1.26. The fourth-order valence-corrected chi connectivity index (χ4v) is 5.42. The van der Waals surface area contributed by atoms with Crippen molar-refractivity contribution >= 4 is 37.3 Å². The van der Waals surface area contributed by atoms with Crippen molar-refractivity contribution in [3.63, 3.8) is 0 Å². The summed E-state index contributed by atoms with van der Waals surface area (Å²) in [6.45, 7) is 0.245. The van der Waals surface area contributed by atoms with Gasteiger partial charge in [0, 0.05) is 11.8 Å². The summed E-state index contributed by atoms with van der Waals surface area (Å²) < 4.78 is 26.2. The molecule has 0 aliphatic heterocycles. The lowest BCUT2D eigenvalue weighted by Gasteiger charge is -2.15. The van der Waals surface area contributed by atoms with Gasteiger partial charge >= 0.3 is 0 Å². The van der Waals surface area contributed by atoms with Crippen LogP contribution >= 0.6 is 11.3 Å². The first kappa shape index (κ1) is 19.6. The van der Waals surface area contributed by atoms with Crippen molar-refractivity contribution in [2.24, 2.45) is 4.99 Å². The number of hydrogen-bond donors (Lipinski definition) is 0. The van der Waals surface area contributed by atoms with Gasteiger partial charge in [-0.3, -0.25) is 4.79 Å². The molecule has 1 aromatic heterocycles. The Morgan fingerprint density at radius 3 is 2.66 bits per heavy atom. The third kappa shape index (κ3) is 3.91. The Hall–Kier alpha value is -2.69. The first-order valence-electron chi connectivity index (χ1n) is 9.34. The molecule has 0 spiro atoms. The van der Waals surface area contributed by atoms with Gasteiger partial charge in [-0.2, -0.15) is 4.99 Å². The predicted molar refractivity (Wildman–Crippen MR) is 115 cm³/mol. The zero-order chi connectivity index (χ0) is 20.6. The van der Waals surface area contributed by atoms with E-state index in [2.05, 4.69) is 10.9 Å². The average Bonchev–Trinajstić information content (AvgIpc) is 3.03. The lowest BCUT2D eigenvalue weighted by Crippen LogP contribution is -2.16. The van der Waals surface area contributed by atoms with Crippen LogP contribution in [0.1, 0.15) is 34.3 Å². The van der Waals surface area contributed by atoms with Gasteiger partial charge in [0.1, 0.15) is 0 Å². The lowest BCUT2D eigenvalue weighted by atomic mass is 9.90. The SMILES string of the molecule is C#CCn1c(=NC(=O)c2ccc3c(c2)CCCC3)sc2cc(S(C)(=O)=O)ccc21. The molecule has 4 rings (SSSR count). The standard InChI is InChI=1S/C22H20N2O3S2/c1-3-12-24-19-11-10-18(29(2,26)27)14-20(19)28-22(24)23-21(25)17-9-8-15-6-4-5-7-16(15)13-17/h1,8-11,13-14H,4-7,12H2,2H3. The van der Waals surface area contributed by atoms with Crippen LogP contribution in [0.5, 0.6) is 0 Å². The Balaban J connectivity index is 1.81. The molecule has 148 valence electrons. The minimum absolute atomic E-state index is 0.228. The second-order valence-electron chi connectivity index (χ2n) is 7.18. The van der Waals surface area contributed by atoms with Crippen molar-refractivity contribution in [2.45, 2.75) is 37.1 Å². The molecule has 1 heterocycles. The Labute approximate surface area is 173 Å². The number of benzene rings is 2. The molecule has 0 unspecified atom stereocenters. The van der Waals surface area contributed by atoms with Gasteiger partial charge in [-0.15, -0.1) is 6.42 Å². The van der Waals surface area contributed by atoms with Gasteiger partial charge in [-0.1, -0.05) is 23.3 Å². The maximum Gasteiger partial charge on any atom is 0.279 e. The molecule has 0 atom stereocenters. The van der Waals surface area contributed by atoms with Crippen LogP contribution in [-0.2, 0) is 29.2 Å². The van der Waals surface area contributed by atoms with E-state index in [1.54, 1.807) is 22.8 Å². The summed E-state index contributed by atoms with van der Waals surface area (Å²) in [6, 6.07) is 10.7. The summed E-state index contributed by atoms with van der Waals surface area (Å²) in [7, 11) is -3.33. The first-order chi connectivity index (χ1) is 13.9. The van der Waals surface area contributed by atoms with Crippen molar-refractivity contribution in [3.8, 4) is 12.3 Å². The van der Waals surface area contributed by atoms with Gasteiger partial charge in [-0.25, -0.2) is 8.42 Å². The van der Waals surface area contributed by atoms with E-state index in [-0.39, 0.29) is 17.3 Å². The van der Waals surface area contributed by atoms with E-state index in [1.165, 1.54) is 35.1 Å². The quantitative estimate of drug-likeness (QED) is 0.606. The van der Waals surface area contributed by atoms with Crippen LogP contribution in [0.3, 0.4) is 0 Å². The van der Waals surface area contributed by atoms with Crippen LogP contribution in [0.15, 0.2) is 46.3 Å². The third-order valence-electron chi connectivity index (χ3n) is 5.12. The van der Waals surface area contributed by atoms with Gasteiger partial charge in [-0.05, 0) is 67.1 Å². The summed E-state index contributed by atoms with van der Waals surface area (Å²) in [5.74, 6) is 2.26. The molecule has 29 heavy (non-hydrogen) atoms. The Bertz CT molecular complexity index is 1340. The maximum absolute atomic E-state index is 12.8. The number of aromatic nitrogens is 1. The molecule has 1 amide bonds. The third-order valence-corrected chi connectivity index (χ3v) is 7.28. The highest BCUT2D eigenvalue weighted by Gasteiger charge is 2.15. The normalized spacial score (nSPS) is 14.6. The number of terminal acetylenes is 1. The number of aryl methyl sites for hydroxylation is 2. The molecule has 5 nitrogen and oxygen atoms in total. The molecule has 1 aliphatic rings. The fourth-order valence-electron chi connectivity index (χ4n) is 3.63. The number of hydrogen-bond acceptors (Lipinski definition) is 4. The van der Waals surface area contributed by atoms with Gasteiger partial charge < -0.3 is 4.57 Å². The predicted octanol–water partition coefficient (Wildman–Crippen LogP) is 3.36. The van der Waals surface area contributed by atoms with Crippen LogP contribution in [0.25, 0.3) is 10.2 Å². The number of rotatable bonds is 3. The van der Waals surface area contributed by atoms with Crippen LogP contribution in [0, 0.1) is 12.3 Å². The number of carbonyl (C=O) groups is 1. The van der Waals surface area contributed by atoms with Crippen LogP contribution in [0.4, 0.5) is 0 Å². The molecule has 2 aromatic carbocycles. The van der Waals surface area contributed by atoms with Crippen molar-refractivity contribution in [2.75, 3.05) is 6.26 Å². The van der Waals surface area contributed by atoms with Crippen molar-refractivity contribution in [1.82, 2.24) is 4.57 Å². The monoisotopic (exact) mass is 424 g/mol. The Morgan fingerprint density at radius 2 is 1.93 bits per heavy atom. The molecular formula is C22H20N2O3S2. The molecule has 1 aliphatic carbocycles. The smallest absolute Gasteiger partial charge is 0.279 e. The Kier molecular flexibility index (Phi) is 5.15. The first-order valence-corrected chi connectivity index (χ1v) is 12.1. The van der Waals surface area contributed by atoms with E-state index in [4.69, 9.17) is 6.42 Å². The van der Waals surface area contributed by atoms with E-state index in [9.17, 15) is 13.2 Å². The topological polar surface area (TPSA) is 68.5 Å². The summed E-state index contributed by atoms with van der Waals surface area (Å²) in [5, 5.41) is 0. The molecule has 0 saturated carbocycles. The van der Waals surface area contributed by atoms with Crippen LogP contribution in [0.2, 0.25) is 0 Å². The minimum atomic E-state index is -3.33. The molecule has 0 fully saturated rings. The average molecular weight is 425 g/mol. The zero-order valence-corrected chi connectivity index (χ0v) is 17.6. The summed E-state index contributed by atoms with van der Waals surface area (Å²) in [6.07, 6.45) is 11.1. The van der Waals surface area contributed by atoms with Crippen molar-refractivity contribution in [3.05, 3.63) is 57.9 Å². The number of thiazole rings is 1. The highest BCUT2D eigenvalue weighted by atomic mass is 32.2. The lowest BCUT2D eigenvalue weighted by molar-refractivity contribution is 0.0997. The van der Waals surface area contributed by atoms with Gasteiger partial charge in [0.25, 0.3) is 5.91 Å². The van der Waals surface area contributed by atoms with Crippen molar-refractivity contribution in [1.29, 1.82) is 0 Å². The summed E-state index contributed by atoms with van der Waals surface area (Å²) in [5.41, 5.74) is 3.86. The van der Waals surface area contributed by atoms with E-state index < -0.39 is 9.84 Å². The van der Waals surface area contributed by atoms with Gasteiger partial charge in [0.05, 0.1) is 21.7 Å². The second kappa shape index (κ2) is 7.62. The molecule has 0 saturated heterocycles. The molecule has 3 aromatic rings. The number of amides is 1. The maximum atomic E-state index is 12.8. The zero-order valence-electron chi connectivity index (χ0n) is 16.0. The Morgan fingerprint density at radius 1 is 1.17 bits per heavy atom. The largest absolute Gasteiger partial charge is 0.305 e. The number of fused-ring (bicyclic) bond motifs is 2. The molecule has 0 bridgehead atoms. The molecular weight excluding hydrogens is 404 g/mol. The highest BCUT2D eigenvalue weighted by Crippen LogP contribution is 2.24. The van der Waals surface area contributed by atoms with Gasteiger partial charge in [0.2, 0.25) is 0 Å². The van der Waals surface area contributed by atoms with E-state index in [0.717, 1.165) is 29.5 Å². The molecule has 0 radical (unpaired) electrons. The summed E-state index contributed by atoms with van der Waals surface area (Å²) in [4.78, 5) is 17.9. The van der Waals surface area contributed by atoms with Crippen LogP contribution in [-0.4, -0.2) is 25.1 Å². The fraction of sp³-hybridized carbons (Fsp3) is 0.273. The molecule has 7 heteroatoms. The highest BCUT2D eigenvalue weighted by molar-refractivity contribution is 7.90. The van der Waals surface area contributed by atoms with Crippen molar-refractivity contribution < 1.29 is 13.2 Å². The number of sulfone groups is 1. The van der Waals surface area contributed by atoms with Gasteiger partial charge in [0.15, 0.2) is 14.6 Å². The number of nitrogens with zero attached hydrogens (tertiary/aromatic N) is 2.